The molecule has 0 aliphatic rings. The van der Waals surface area contributed by atoms with Crippen molar-refractivity contribution in [3.8, 4) is 0 Å². The molecule has 1 unspecified atom stereocenters. The normalized spacial score (nSPS) is 12.1. The second-order valence-electron chi connectivity index (χ2n) is 9.93. The van der Waals surface area contributed by atoms with Gasteiger partial charge in [0.05, 0.1) is 26.2 Å². The smallest absolute Gasteiger partial charge is 0.327 e. The standard InChI is InChI=1S/C30H58O5P/c1-5-9-12-15-18-21-25-33-30(24-28-36(32)29(31)8-4,34-26-22-19-16-13-10-6-2)35-27-23-20-17-14-11-7-3/h8H,4-7,9-28H2,1-3H3/q+1. The molecule has 0 aromatic heterocycles. The maximum Gasteiger partial charge on any atom is 0.419 e. The maximum atomic E-state index is 12.4. The molecule has 0 aliphatic heterocycles. The number of allylic oxidation sites excluding steroid dienone is 1. The Morgan fingerprint density at radius 1 is 0.639 bits per heavy atom. The van der Waals surface area contributed by atoms with E-state index in [0.717, 1.165) is 44.6 Å². The number of rotatable bonds is 29. The Balaban J connectivity index is 4.99. The second-order valence-corrected chi connectivity index (χ2v) is 11.6. The van der Waals surface area contributed by atoms with Gasteiger partial charge in [0.1, 0.15) is 0 Å². The van der Waals surface area contributed by atoms with Crippen LogP contribution in [0.3, 0.4) is 0 Å². The molecule has 6 heteroatoms. The Bertz CT molecular complexity index is 492. The van der Waals surface area contributed by atoms with Crippen LogP contribution in [0.2, 0.25) is 0 Å². The lowest BCUT2D eigenvalue weighted by atomic mass is 10.1. The molecule has 0 heterocycles. The third-order valence-electron chi connectivity index (χ3n) is 6.50. The summed E-state index contributed by atoms with van der Waals surface area (Å²) in [6.45, 7) is 11.8. The monoisotopic (exact) mass is 529 g/mol. The summed E-state index contributed by atoms with van der Waals surface area (Å²) in [4.78, 5) is 11.9. The van der Waals surface area contributed by atoms with Gasteiger partial charge in [-0.3, -0.25) is 0 Å². The first kappa shape index (κ1) is 35.4. The van der Waals surface area contributed by atoms with Crippen LogP contribution in [0.4, 0.5) is 0 Å². The number of unbranched alkanes of at least 4 members (excludes halogenated alkanes) is 15. The highest BCUT2D eigenvalue weighted by Crippen LogP contribution is 2.31. The first-order chi connectivity index (χ1) is 17.5. The first-order valence-corrected chi connectivity index (χ1v) is 16.5. The molecule has 0 fully saturated rings. The fraction of sp³-hybridized carbons (Fsp3) is 0.900. The Kier molecular flexibility index (Phi) is 25.6. The SMILES string of the molecule is C=CC(=O)[P+](=O)CCC(OCCCCCCCC)(OCCCCCCCC)OCCCCCCCC. The highest BCUT2D eigenvalue weighted by molar-refractivity contribution is 7.64. The van der Waals surface area contributed by atoms with Gasteiger partial charge in [0, 0.05) is 6.08 Å². The van der Waals surface area contributed by atoms with Crippen LogP contribution < -0.4 is 0 Å². The maximum absolute atomic E-state index is 12.4. The highest BCUT2D eigenvalue weighted by atomic mass is 31.1. The van der Waals surface area contributed by atoms with Crippen molar-refractivity contribution in [3.05, 3.63) is 12.7 Å². The molecule has 0 spiro atoms. The Hall–Kier alpha value is -0.610. The molecule has 0 bridgehead atoms. The fourth-order valence-electron chi connectivity index (χ4n) is 4.12. The average molecular weight is 530 g/mol. The minimum Gasteiger partial charge on any atom is -0.327 e. The van der Waals surface area contributed by atoms with E-state index < -0.39 is 19.3 Å². The minimum atomic E-state index is -2.04. The van der Waals surface area contributed by atoms with Crippen molar-refractivity contribution in [2.75, 3.05) is 26.0 Å². The van der Waals surface area contributed by atoms with Crippen LogP contribution in [0.25, 0.3) is 0 Å². The largest absolute Gasteiger partial charge is 0.419 e. The minimum absolute atomic E-state index is 0.184. The van der Waals surface area contributed by atoms with Crippen LogP contribution in [0.15, 0.2) is 12.7 Å². The first-order valence-electron chi connectivity index (χ1n) is 15.1. The number of hydrogen-bond acceptors (Lipinski definition) is 5. The third-order valence-corrected chi connectivity index (χ3v) is 7.81. The van der Waals surface area contributed by atoms with Crippen LogP contribution in [-0.4, -0.2) is 37.5 Å². The van der Waals surface area contributed by atoms with E-state index in [-0.39, 0.29) is 6.16 Å². The van der Waals surface area contributed by atoms with Gasteiger partial charge in [0.25, 0.3) is 5.97 Å². The van der Waals surface area contributed by atoms with Crippen molar-refractivity contribution in [1.82, 2.24) is 0 Å². The number of hydrogen-bond donors (Lipinski definition) is 0. The van der Waals surface area contributed by atoms with Gasteiger partial charge in [-0.1, -0.05) is 128 Å². The molecule has 0 rings (SSSR count). The quantitative estimate of drug-likeness (QED) is 0.0418. The van der Waals surface area contributed by atoms with Gasteiger partial charge >= 0.3 is 13.3 Å². The molecule has 36 heavy (non-hydrogen) atoms. The molecule has 0 N–H and O–H groups in total. The molecule has 0 amide bonds. The van der Waals surface area contributed by atoms with E-state index in [4.69, 9.17) is 14.2 Å². The van der Waals surface area contributed by atoms with Crippen molar-refractivity contribution in [3.63, 3.8) is 0 Å². The zero-order valence-corrected chi connectivity index (χ0v) is 24.9. The second kappa shape index (κ2) is 26.0. The molecule has 0 radical (unpaired) electrons. The van der Waals surface area contributed by atoms with Crippen molar-refractivity contribution < 1.29 is 23.6 Å². The molecule has 5 nitrogen and oxygen atoms in total. The van der Waals surface area contributed by atoms with Gasteiger partial charge in [-0.15, -0.1) is 0 Å². The lowest BCUT2D eigenvalue weighted by Crippen LogP contribution is -2.41. The molecule has 0 aliphatic carbocycles. The van der Waals surface area contributed by atoms with Gasteiger partial charge < -0.3 is 14.2 Å². The molecule has 0 saturated carbocycles. The van der Waals surface area contributed by atoms with E-state index in [1.807, 2.05) is 0 Å². The Labute approximate surface area is 224 Å². The van der Waals surface area contributed by atoms with Gasteiger partial charge in [-0.25, -0.2) is 4.79 Å². The highest BCUT2D eigenvalue weighted by Gasteiger charge is 2.38. The summed E-state index contributed by atoms with van der Waals surface area (Å²) < 4.78 is 31.3. The van der Waals surface area contributed by atoms with Crippen molar-refractivity contribution in [1.29, 1.82) is 0 Å². The summed E-state index contributed by atoms with van der Waals surface area (Å²) in [5.41, 5.74) is -0.415. The molecule has 0 aromatic rings. The van der Waals surface area contributed by atoms with Crippen LogP contribution in [0.1, 0.15) is 143 Å². The van der Waals surface area contributed by atoms with Crippen LogP contribution in [0, 0.1) is 0 Å². The van der Waals surface area contributed by atoms with Gasteiger partial charge in [0.2, 0.25) is 0 Å². The number of carbonyl (C=O) groups is 1. The van der Waals surface area contributed by atoms with Crippen molar-refractivity contribution in [2.24, 2.45) is 0 Å². The van der Waals surface area contributed by atoms with Crippen LogP contribution >= 0.6 is 7.80 Å². The molecule has 212 valence electrons. The summed E-state index contributed by atoms with van der Waals surface area (Å²) >= 11 is 0. The number of carbonyl (C=O) groups excluding carboxylic acids is 1. The fourth-order valence-corrected chi connectivity index (χ4v) is 5.02. The van der Waals surface area contributed by atoms with E-state index in [1.165, 1.54) is 77.0 Å². The van der Waals surface area contributed by atoms with E-state index in [9.17, 15) is 9.36 Å². The summed E-state index contributed by atoms with van der Waals surface area (Å²) in [6.07, 6.45) is 22.8. The summed E-state index contributed by atoms with van der Waals surface area (Å²) in [5, 5.41) is 0. The lowest BCUT2D eigenvalue weighted by Gasteiger charge is -2.32. The van der Waals surface area contributed by atoms with Crippen molar-refractivity contribution >= 4 is 13.3 Å². The average Bonchev–Trinajstić information content (AvgIpc) is 2.89. The summed E-state index contributed by atoms with van der Waals surface area (Å²) in [7, 11) is -2.04. The van der Waals surface area contributed by atoms with E-state index in [0.29, 0.717) is 26.2 Å². The van der Waals surface area contributed by atoms with Gasteiger partial charge in [0.15, 0.2) is 6.16 Å². The summed E-state index contributed by atoms with van der Waals surface area (Å²) in [5.74, 6) is -1.22. The molecule has 0 aromatic carbocycles. The Morgan fingerprint density at radius 3 is 1.31 bits per heavy atom. The third kappa shape index (κ3) is 20.4. The van der Waals surface area contributed by atoms with Crippen molar-refractivity contribution in [2.45, 2.75) is 149 Å². The predicted molar refractivity (Wildman–Crippen MR) is 153 cm³/mol. The Morgan fingerprint density at radius 2 is 0.972 bits per heavy atom. The zero-order valence-electron chi connectivity index (χ0n) is 24.0. The lowest BCUT2D eigenvalue weighted by molar-refractivity contribution is -0.381. The number of ether oxygens (including phenoxy) is 3. The van der Waals surface area contributed by atoms with Gasteiger partial charge in [-0.2, -0.15) is 0 Å². The predicted octanol–water partition coefficient (Wildman–Crippen LogP) is 9.70. The van der Waals surface area contributed by atoms with Crippen LogP contribution in [-0.2, 0) is 23.6 Å². The van der Waals surface area contributed by atoms with E-state index in [2.05, 4.69) is 27.4 Å². The molecule has 1 atom stereocenters. The molecular formula is C30H58O5P+. The van der Waals surface area contributed by atoms with E-state index >= 15 is 0 Å². The zero-order chi connectivity index (χ0) is 26.7. The summed E-state index contributed by atoms with van der Waals surface area (Å²) in [6, 6.07) is 0. The molecule has 0 saturated heterocycles. The topological polar surface area (TPSA) is 61.8 Å². The van der Waals surface area contributed by atoms with E-state index in [1.54, 1.807) is 0 Å². The van der Waals surface area contributed by atoms with Gasteiger partial charge in [-0.05, 0) is 19.3 Å². The van der Waals surface area contributed by atoms with Crippen LogP contribution in [0.5, 0.6) is 0 Å². The molecular weight excluding hydrogens is 471 g/mol.